The van der Waals surface area contributed by atoms with Gasteiger partial charge in [0.25, 0.3) is 0 Å². The van der Waals surface area contributed by atoms with Crippen molar-refractivity contribution in [2.45, 2.75) is 70.9 Å². The fourth-order valence-electron chi connectivity index (χ4n) is 2.90. The number of aryl methyl sites for hydroxylation is 1. The molecule has 1 aromatic rings. The second kappa shape index (κ2) is 7.23. The van der Waals surface area contributed by atoms with Crippen LogP contribution in [-0.2, 0) is 18.9 Å². The van der Waals surface area contributed by atoms with Gasteiger partial charge in [0.05, 0.1) is 11.7 Å². The first-order chi connectivity index (χ1) is 11.2. The lowest BCUT2D eigenvalue weighted by Crippen LogP contribution is -2.64. The largest absolute Gasteiger partial charge is 0.452 e. The summed E-state index contributed by atoms with van der Waals surface area (Å²) in [5.74, 6) is -0.560. The van der Waals surface area contributed by atoms with Crippen molar-refractivity contribution < 1.29 is 28.8 Å². The molecule has 0 spiro atoms. The van der Waals surface area contributed by atoms with Gasteiger partial charge >= 0.3 is 5.97 Å². The summed E-state index contributed by atoms with van der Waals surface area (Å²) >= 11 is 0. The van der Waals surface area contributed by atoms with Crippen molar-refractivity contribution in [2.24, 2.45) is 0 Å². The molecule has 1 saturated heterocycles. The van der Waals surface area contributed by atoms with E-state index in [-0.39, 0.29) is 6.10 Å². The van der Waals surface area contributed by atoms with Gasteiger partial charge in [0.2, 0.25) is 0 Å². The van der Waals surface area contributed by atoms with Crippen LogP contribution >= 0.6 is 0 Å². The first-order valence-electron chi connectivity index (χ1n) is 8.06. The minimum absolute atomic E-state index is 0.151. The Balaban J connectivity index is 2.23. The second-order valence-electron chi connectivity index (χ2n) is 6.85. The highest BCUT2D eigenvalue weighted by atomic mass is 16.7. The minimum Gasteiger partial charge on any atom is -0.452 e. The molecule has 0 radical (unpaired) electrons. The number of hydrogen-bond donors (Lipinski definition) is 2. The number of methoxy groups -OCH3 is 1. The average Bonchev–Trinajstić information content (AvgIpc) is 2.90. The summed E-state index contributed by atoms with van der Waals surface area (Å²) in [6, 6.07) is 3.41. The van der Waals surface area contributed by atoms with Crippen LogP contribution in [0.15, 0.2) is 12.1 Å². The van der Waals surface area contributed by atoms with E-state index in [1.807, 2.05) is 34.6 Å². The number of aliphatic hydroxyl groups is 1. The van der Waals surface area contributed by atoms with Crippen molar-refractivity contribution in [3.05, 3.63) is 23.5 Å². The zero-order valence-corrected chi connectivity index (χ0v) is 15.0. The minimum atomic E-state index is -1.16. The third kappa shape index (κ3) is 3.97. The normalized spacial score (nSPS) is 29.7. The quantitative estimate of drug-likeness (QED) is 0.794. The van der Waals surface area contributed by atoms with Crippen LogP contribution in [0.3, 0.4) is 0 Å². The number of aromatic amines is 1. The third-order valence-electron chi connectivity index (χ3n) is 3.97. The summed E-state index contributed by atoms with van der Waals surface area (Å²) in [4.78, 5) is 15.3. The average molecular weight is 341 g/mol. The highest BCUT2D eigenvalue weighted by molar-refractivity contribution is 5.87. The van der Waals surface area contributed by atoms with Crippen LogP contribution in [0.1, 0.15) is 43.9 Å². The van der Waals surface area contributed by atoms with Crippen molar-refractivity contribution in [1.82, 2.24) is 4.98 Å². The van der Waals surface area contributed by atoms with Crippen LogP contribution in [-0.4, -0.2) is 59.5 Å². The number of rotatable bonds is 5. The van der Waals surface area contributed by atoms with Crippen LogP contribution < -0.4 is 0 Å². The molecule has 2 rings (SSSR count). The third-order valence-corrected chi connectivity index (χ3v) is 3.97. The highest BCUT2D eigenvalue weighted by Crippen LogP contribution is 2.34. The van der Waals surface area contributed by atoms with Gasteiger partial charge in [-0.15, -0.1) is 0 Å². The number of aromatic nitrogens is 1. The van der Waals surface area contributed by atoms with Crippen LogP contribution in [0.25, 0.3) is 0 Å². The number of hydrogen-bond acceptors (Lipinski definition) is 6. The summed E-state index contributed by atoms with van der Waals surface area (Å²) in [7, 11) is 1.49. The maximum absolute atomic E-state index is 12.4. The molecule has 1 fully saturated rings. The lowest BCUT2D eigenvalue weighted by Gasteiger charge is -2.48. The van der Waals surface area contributed by atoms with E-state index >= 15 is 0 Å². The topological polar surface area (TPSA) is 90.0 Å². The zero-order chi connectivity index (χ0) is 18.1. The van der Waals surface area contributed by atoms with Crippen LogP contribution in [0.2, 0.25) is 0 Å². The van der Waals surface area contributed by atoms with E-state index in [1.165, 1.54) is 7.11 Å². The number of ether oxygens (including phenoxy) is 4. The molecule has 0 aliphatic carbocycles. The Morgan fingerprint density at radius 2 is 2.04 bits per heavy atom. The number of carbonyl (C=O) groups excluding carboxylic acids is 1. The molecule has 7 nitrogen and oxygen atoms in total. The molecule has 0 bridgehead atoms. The molecule has 4 atom stereocenters. The van der Waals surface area contributed by atoms with Gasteiger partial charge in [-0.05, 0) is 46.8 Å². The molecular weight excluding hydrogens is 314 g/mol. The van der Waals surface area contributed by atoms with Gasteiger partial charge in [0.15, 0.2) is 12.4 Å². The number of H-pyrrole nitrogens is 1. The van der Waals surface area contributed by atoms with Gasteiger partial charge in [-0.1, -0.05) is 0 Å². The van der Waals surface area contributed by atoms with Gasteiger partial charge in [-0.25, -0.2) is 4.79 Å². The molecule has 2 heterocycles. The molecule has 0 unspecified atom stereocenters. The van der Waals surface area contributed by atoms with Crippen LogP contribution in [0.4, 0.5) is 0 Å². The van der Waals surface area contributed by atoms with E-state index in [9.17, 15) is 9.90 Å². The van der Waals surface area contributed by atoms with Crippen LogP contribution in [0, 0.1) is 6.92 Å². The fraction of sp³-hybridized carbons (Fsp3) is 0.706. The fourth-order valence-corrected chi connectivity index (χ4v) is 2.90. The van der Waals surface area contributed by atoms with Gasteiger partial charge in [-0.2, -0.15) is 0 Å². The monoisotopic (exact) mass is 341 g/mol. The van der Waals surface area contributed by atoms with E-state index in [0.717, 1.165) is 5.69 Å². The predicted octanol–water partition coefficient (Wildman–Crippen LogP) is 1.78. The Kier molecular flexibility index (Phi) is 5.70. The van der Waals surface area contributed by atoms with E-state index in [0.29, 0.717) is 5.69 Å². The van der Waals surface area contributed by atoms with Crippen molar-refractivity contribution in [3.8, 4) is 0 Å². The summed E-state index contributed by atoms with van der Waals surface area (Å²) in [5, 5.41) is 10.6. The second-order valence-corrected chi connectivity index (χ2v) is 6.85. The van der Waals surface area contributed by atoms with E-state index in [2.05, 4.69) is 4.98 Å². The Morgan fingerprint density at radius 1 is 1.38 bits per heavy atom. The molecule has 0 aromatic carbocycles. The van der Waals surface area contributed by atoms with Crippen molar-refractivity contribution in [2.75, 3.05) is 7.11 Å². The molecule has 0 saturated carbocycles. The SMILES string of the molecule is CO[C@@H]1[C@@H](OC(=O)c2ccc(C)[nH]2)[C@@H](O)[C@H](OC(C)C)OC1(C)C. The van der Waals surface area contributed by atoms with Crippen molar-refractivity contribution in [3.63, 3.8) is 0 Å². The standard InChI is InChI=1S/C17H27NO6/c1-9(2)22-16-12(19)13(14(21-6)17(4,5)24-16)23-15(20)11-8-7-10(3)18-11/h7-9,12-14,16,18-19H,1-6H3/t12-,13+,14-,16-/m1/s1. The Bertz CT molecular complexity index is 567. The summed E-state index contributed by atoms with van der Waals surface area (Å²) in [6.45, 7) is 9.14. The van der Waals surface area contributed by atoms with E-state index in [4.69, 9.17) is 18.9 Å². The maximum Gasteiger partial charge on any atom is 0.355 e. The van der Waals surface area contributed by atoms with E-state index in [1.54, 1.807) is 12.1 Å². The Morgan fingerprint density at radius 3 is 2.54 bits per heavy atom. The zero-order valence-electron chi connectivity index (χ0n) is 15.0. The number of esters is 1. The highest BCUT2D eigenvalue weighted by Gasteiger charge is 2.52. The Hall–Kier alpha value is -1.41. The first-order valence-corrected chi connectivity index (χ1v) is 8.06. The molecular formula is C17H27NO6. The molecule has 0 amide bonds. The smallest absolute Gasteiger partial charge is 0.355 e. The van der Waals surface area contributed by atoms with Crippen molar-refractivity contribution >= 4 is 5.97 Å². The van der Waals surface area contributed by atoms with E-state index < -0.39 is 36.2 Å². The van der Waals surface area contributed by atoms with Gasteiger partial charge in [0, 0.05) is 12.8 Å². The molecule has 1 aliphatic heterocycles. The molecule has 1 aliphatic rings. The number of aliphatic hydroxyl groups excluding tert-OH is 1. The van der Waals surface area contributed by atoms with Gasteiger partial charge in [0.1, 0.15) is 17.9 Å². The summed E-state index contributed by atoms with van der Waals surface area (Å²) in [6.07, 6.45) is -3.78. The molecule has 2 N–H and O–H groups in total. The summed E-state index contributed by atoms with van der Waals surface area (Å²) < 4.78 is 22.5. The lowest BCUT2D eigenvalue weighted by molar-refractivity contribution is -0.332. The molecule has 24 heavy (non-hydrogen) atoms. The van der Waals surface area contributed by atoms with Crippen LogP contribution in [0.5, 0.6) is 0 Å². The van der Waals surface area contributed by atoms with Crippen molar-refractivity contribution in [1.29, 1.82) is 0 Å². The lowest BCUT2D eigenvalue weighted by atomic mass is 9.89. The summed E-state index contributed by atoms with van der Waals surface area (Å²) in [5.41, 5.74) is 0.365. The molecule has 1 aromatic heterocycles. The Labute approximate surface area is 142 Å². The number of nitrogens with one attached hydrogen (secondary N) is 1. The van der Waals surface area contributed by atoms with Gasteiger partial charge < -0.3 is 29.0 Å². The maximum atomic E-state index is 12.4. The molecule has 136 valence electrons. The molecule has 7 heteroatoms. The first kappa shape index (κ1) is 18.9. The number of carbonyl (C=O) groups is 1. The predicted molar refractivity (Wildman–Crippen MR) is 86.7 cm³/mol. The van der Waals surface area contributed by atoms with Gasteiger partial charge in [-0.3, -0.25) is 0 Å².